The van der Waals surface area contributed by atoms with Crippen LogP contribution in [0, 0.1) is 5.41 Å². The summed E-state index contributed by atoms with van der Waals surface area (Å²) in [4.78, 5) is 25.0. The predicted molar refractivity (Wildman–Crippen MR) is 82.3 cm³/mol. The van der Waals surface area contributed by atoms with Gasteiger partial charge in [0.2, 0.25) is 0 Å². The molecule has 0 aliphatic rings. The molecule has 5 nitrogen and oxygen atoms in total. The molecule has 1 unspecified atom stereocenters. The van der Waals surface area contributed by atoms with Gasteiger partial charge in [-0.05, 0) is 25.8 Å². The van der Waals surface area contributed by atoms with E-state index in [0.29, 0.717) is 6.42 Å². The molecule has 122 valence electrons. The van der Waals surface area contributed by atoms with Gasteiger partial charge >= 0.3 is 11.9 Å². The molecule has 1 atom stereocenters. The van der Waals surface area contributed by atoms with Crippen LogP contribution in [0.2, 0.25) is 0 Å². The van der Waals surface area contributed by atoms with E-state index in [4.69, 9.17) is 9.47 Å². The molecule has 0 aliphatic heterocycles. The van der Waals surface area contributed by atoms with Crippen molar-refractivity contribution in [2.45, 2.75) is 33.1 Å². The van der Waals surface area contributed by atoms with Crippen molar-refractivity contribution in [3.63, 3.8) is 0 Å². The Kier molecular flexibility index (Phi) is 7.05. The van der Waals surface area contributed by atoms with Crippen LogP contribution in [0.15, 0.2) is 30.3 Å². The van der Waals surface area contributed by atoms with Crippen LogP contribution in [-0.2, 0) is 19.1 Å². The van der Waals surface area contributed by atoms with E-state index in [0.717, 1.165) is 5.56 Å². The monoisotopic (exact) mass is 308 g/mol. The van der Waals surface area contributed by atoms with Gasteiger partial charge in [-0.25, -0.2) is 0 Å². The quantitative estimate of drug-likeness (QED) is 0.589. The Bertz CT molecular complexity index is 465. The van der Waals surface area contributed by atoms with Gasteiger partial charge < -0.3 is 14.6 Å². The zero-order chi connectivity index (χ0) is 16.6. The number of aliphatic hydroxyl groups excluding tert-OH is 1. The van der Waals surface area contributed by atoms with Gasteiger partial charge in [0, 0.05) is 5.92 Å². The normalized spacial score (nSPS) is 12.5. The van der Waals surface area contributed by atoms with E-state index in [1.54, 1.807) is 13.8 Å². The summed E-state index contributed by atoms with van der Waals surface area (Å²) < 4.78 is 10.1. The van der Waals surface area contributed by atoms with Crippen molar-refractivity contribution in [3.05, 3.63) is 35.9 Å². The summed E-state index contributed by atoms with van der Waals surface area (Å²) in [5.74, 6) is -2.00. The molecule has 0 saturated carbocycles. The Labute approximate surface area is 131 Å². The second-order valence-electron chi connectivity index (χ2n) is 4.94. The van der Waals surface area contributed by atoms with E-state index in [1.165, 1.54) is 0 Å². The molecular formula is C17H24O5. The summed E-state index contributed by atoms with van der Waals surface area (Å²) in [5.41, 5.74) is -0.942. The largest absolute Gasteiger partial charge is 0.465 e. The van der Waals surface area contributed by atoms with Crippen molar-refractivity contribution < 1.29 is 24.2 Å². The van der Waals surface area contributed by atoms with Crippen molar-refractivity contribution in [2.24, 2.45) is 5.41 Å². The highest BCUT2D eigenvalue weighted by atomic mass is 16.6. The van der Waals surface area contributed by atoms with Crippen LogP contribution in [-0.4, -0.2) is 36.9 Å². The summed E-state index contributed by atoms with van der Waals surface area (Å²) in [7, 11) is 0. The highest BCUT2D eigenvalue weighted by molar-refractivity contribution is 6.01. The zero-order valence-corrected chi connectivity index (χ0v) is 13.4. The molecule has 0 bridgehead atoms. The summed E-state index contributed by atoms with van der Waals surface area (Å²) >= 11 is 0. The molecule has 0 aromatic heterocycles. The van der Waals surface area contributed by atoms with Crippen LogP contribution < -0.4 is 0 Å². The Morgan fingerprint density at radius 3 is 1.91 bits per heavy atom. The van der Waals surface area contributed by atoms with Gasteiger partial charge in [-0.2, -0.15) is 0 Å². The van der Waals surface area contributed by atoms with Crippen molar-refractivity contribution in [1.82, 2.24) is 0 Å². The maximum Gasteiger partial charge on any atom is 0.326 e. The van der Waals surface area contributed by atoms with Gasteiger partial charge in [0.05, 0.1) is 19.8 Å². The van der Waals surface area contributed by atoms with Crippen molar-refractivity contribution in [2.75, 3.05) is 19.8 Å². The number of aliphatic hydroxyl groups is 1. The summed E-state index contributed by atoms with van der Waals surface area (Å²) in [6.07, 6.45) is 0.488. The van der Waals surface area contributed by atoms with E-state index in [-0.39, 0.29) is 13.2 Å². The van der Waals surface area contributed by atoms with Gasteiger partial charge in [0.25, 0.3) is 0 Å². The van der Waals surface area contributed by atoms with Gasteiger partial charge in [-0.1, -0.05) is 37.3 Å². The molecule has 0 fully saturated rings. The lowest BCUT2D eigenvalue weighted by atomic mass is 9.71. The third-order valence-corrected chi connectivity index (χ3v) is 3.73. The Morgan fingerprint density at radius 2 is 1.55 bits per heavy atom. The molecule has 1 aromatic rings. The van der Waals surface area contributed by atoms with Crippen molar-refractivity contribution in [1.29, 1.82) is 0 Å². The molecule has 1 rings (SSSR count). The van der Waals surface area contributed by atoms with Crippen LogP contribution in [0.4, 0.5) is 0 Å². The topological polar surface area (TPSA) is 72.8 Å². The first kappa shape index (κ1) is 18.2. The summed E-state index contributed by atoms with van der Waals surface area (Å²) in [5, 5.41) is 9.93. The van der Waals surface area contributed by atoms with E-state index in [2.05, 4.69) is 0 Å². The zero-order valence-electron chi connectivity index (χ0n) is 13.4. The lowest BCUT2D eigenvalue weighted by molar-refractivity contribution is -0.177. The summed E-state index contributed by atoms with van der Waals surface area (Å²) in [6.45, 7) is 4.79. The third-order valence-electron chi connectivity index (χ3n) is 3.73. The number of carbonyl (C=O) groups is 2. The van der Waals surface area contributed by atoms with Crippen LogP contribution in [0.1, 0.15) is 38.7 Å². The lowest BCUT2D eigenvalue weighted by Gasteiger charge is -2.34. The first-order valence-electron chi connectivity index (χ1n) is 7.58. The molecule has 0 saturated heterocycles. The Balaban J connectivity index is 3.38. The van der Waals surface area contributed by atoms with Gasteiger partial charge in [-0.3, -0.25) is 9.59 Å². The van der Waals surface area contributed by atoms with Gasteiger partial charge in [0.1, 0.15) is 0 Å². The Hall–Kier alpha value is -1.88. The smallest absolute Gasteiger partial charge is 0.326 e. The van der Waals surface area contributed by atoms with Crippen LogP contribution in [0.25, 0.3) is 0 Å². The number of hydrogen-bond donors (Lipinski definition) is 1. The van der Waals surface area contributed by atoms with E-state index in [9.17, 15) is 14.7 Å². The SMILES string of the molecule is CCOC(=O)C(CO)(C(=O)OCC)C(CC)c1ccccc1. The van der Waals surface area contributed by atoms with Crippen molar-refractivity contribution in [3.8, 4) is 0 Å². The predicted octanol–water partition coefficient (Wildman–Crippen LogP) is 2.29. The Morgan fingerprint density at radius 1 is 1.05 bits per heavy atom. The minimum Gasteiger partial charge on any atom is -0.465 e. The fraction of sp³-hybridized carbons (Fsp3) is 0.529. The second kappa shape index (κ2) is 8.54. The minimum absolute atomic E-state index is 0.130. The maximum absolute atomic E-state index is 12.5. The van der Waals surface area contributed by atoms with Gasteiger partial charge in [-0.15, -0.1) is 0 Å². The van der Waals surface area contributed by atoms with Crippen LogP contribution in [0.5, 0.6) is 0 Å². The fourth-order valence-corrected chi connectivity index (χ4v) is 2.68. The number of esters is 2. The third kappa shape index (κ3) is 3.47. The number of hydrogen-bond acceptors (Lipinski definition) is 5. The first-order valence-corrected chi connectivity index (χ1v) is 7.58. The number of benzene rings is 1. The molecule has 0 heterocycles. The molecule has 1 N–H and O–H groups in total. The minimum atomic E-state index is -1.73. The molecule has 0 spiro atoms. The second-order valence-corrected chi connectivity index (χ2v) is 4.94. The van der Waals surface area contributed by atoms with E-state index < -0.39 is 29.9 Å². The highest BCUT2D eigenvalue weighted by Crippen LogP contribution is 2.41. The lowest BCUT2D eigenvalue weighted by Crippen LogP contribution is -2.49. The maximum atomic E-state index is 12.5. The molecule has 0 aliphatic carbocycles. The molecular weight excluding hydrogens is 284 g/mol. The average molecular weight is 308 g/mol. The molecule has 5 heteroatoms. The first-order chi connectivity index (χ1) is 10.6. The van der Waals surface area contributed by atoms with Crippen LogP contribution in [0.3, 0.4) is 0 Å². The summed E-state index contributed by atoms with van der Waals surface area (Å²) in [6, 6.07) is 9.17. The number of rotatable bonds is 8. The van der Waals surface area contributed by atoms with E-state index >= 15 is 0 Å². The average Bonchev–Trinajstić information content (AvgIpc) is 2.53. The number of ether oxygens (including phenoxy) is 2. The molecule has 0 radical (unpaired) electrons. The molecule has 22 heavy (non-hydrogen) atoms. The fourth-order valence-electron chi connectivity index (χ4n) is 2.68. The van der Waals surface area contributed by atoms with Crippen molar-refractivity contribution >= 4 is 11.9 Å². The highest BCUT2D eigenvalue weighted by Gasteiger charge is 2.54. The number of carbonyl (C=O) groups excluding carboxylic acids is 2. The van der Waals surface area contributed by atoms with Crippen LogP contribution >= 0.6 is 0 Å². The van der Waals surface area contributed by atoms with E-state index in [1.807, 2.05) is 37.3 Å². The molecule has 0 amide bonds. The molecule has 1 aromatic carbocycles. The standard InChI is InChI=1S/C17H24O5/c1-4-14(13-10-8-7-9-11-13)17(12-18,15(19)21-5-2)16(20)22-6-3/h7-11,14,18H,4-6,12H2,1-3H3. The van der Waals surface area contributed by atoms with Gasteiger partial charge in [0.15, 0.2) is 5.41 Å².